The summed E-state index contributed by atoms with van der Waals surface area (Å²) in [6, 6.07) is 26.6. The standard InChI is InChI=1S/C33H43N3O6/c1-33(2,3)36(32(40)41)28(20-25-15-9-5-10-16-25)30(38)22-34-21-29(37)27(19-24-13-7-4-8-14-24)35-31(39)23-42-26-17-11-6-12-18-26/h4-18,27-30,34,37-38H,19-23H2,1-3H3,(H,35,39)(H,40,41)/t27-,28-,29+,30+/m0/s1. The molecular weight excluding hydrogens is 534 g/mol. The van der Waals surface area contributed by atoms with Crippen LogP contribution in [0.25, 0.3) is 0 Å². The van der Waals surface area contributed by atoms with Crippen molar-refractivity contribution in [2.75, 3.05) is 19.7 Å². The predicted molar refractivity (Wildman–Crippen MR) is 162 cm³/mol. The van der Waals surface area contributed by atoms with Crippen molar-refractivity contribution in [3.05, 3.63) is 102 Å². The van der Waals surface area contributed by atoms with Gasteiger partial charge in [-0.3, -0.25) is 9.69 Å². The molecule has 0 saturated heterocycles. The number of para-hydroxylation sites is 1. The Morgan fingerprint density at radius 3 is 1.81 bits per heavy atom. The van der Waals surface area contributed by atoms with Crippen LogP contribution in [0.15, 0.2) is 91.0 Å². The summed E-state index contributed by atoms with van der Waals surface area (Å²) in [5, 5.41) is 38.3. The molecular formula is C33H43N3O6. The number of aliphatic hydroxyl groups is 2. The average Bonchev–Trinajstić information content (AvgIpc) is 2.96. The van der Waals surface area contributed by atoms with Crippen LogP contribution in [0.5, 0.6) is 5.75 Å². The van der Waals surface area contributed by atoms with Gasteiger partial charge >= 0.3 is 6.09 Å². The smallest absolute Gasteiger partial charge is 0.408 e. The molecule has 3 rings (SSSR count). The third-order valence-electron chi connectivity index (χ3n) is 6.92. The zero-order valence-corrected chi connectivity index (χ0v) is 24.5. The van der Waals surface area contributed by atoms with Crippen molar-refractivity contribution >= 4 is 12.0 Å². The van der Waals surface area contributed by atoms with Crippen molar-refractivity contribution in [2.24, 2.45) is 0 Å². The van der Waals surface area contributed by atoms with Gasteiger partial charge in [-0.1, -0.05) is 78.9 Å². The molecule has 9 nitrogen and oxygen atoms in total. The van der Waals surface area contributed by atoms with Gasteiger partial charge < -0.3 is 30.7 Å². The molecule has 42 heavy (non-hydrogen) atoms. The molecule has 3 aromatic rings. The van der Waals surface area contributed by atoms with E-state index in [4.69, 9.17) is 4.74 Å². The van der Waals surface area contributed by atoms with Gasteiger partial charge in [0.25, 0.3) is 5.91 Å². The first kappa shape index (κ1) is 32.6. The van der Waals surface area contributed by atoms with Crippen LogP contribution in [0.4, 0.5) is 4.79 Å². The van der Waals surface area contributed by atoms with Crippen LogP contribution in [0, 0.1) is 0 Å². The van der Waals surface area contributed by atoms with Crippen molar-refractivity contribution in [1.29, 1.82) is 0 Å². The molecule has 4 atom stereocenters. The highest BCUT2D eigenvalue weighted by Gasteiger charge is 2.37. The van der Waals surface area contributed by atoms with Gasteiger partial charge in [0.1, 0.15) is 5.75 Å². The fraction of sp³-hybridized carbons (Fsp3) is 0.394. The number of hydrogen-bond donors (Lipinski definition) is 5. The average molecular weight is 578 g/mol. The number of carbonyl (C=O) groups excluding carboxylic acids is 1. The van der Waals surface area contributed by atoms with Gasteiger partial charge in [-0.25, -0.2) is 4.79 Å². The third-order valence-corrected chi connectivity index (χ3v) is 6.92. The Hall–Kier alpha value is -3.92. The van der Waals surface area contributed by atoms with Gasteiger partial charge in [0, 0.05) is 18.6 Å². The minimum absolute atomic E-state index is 0.0392. The fourth-order valence-electron chi connectivity index (χ4n) is 4.90. The molecule has 0 aliphatic rings. The maximum Gasteiger partial charge on any atom is 0.408 e. The van der Waals surface area contributed by atoms with E-state index in [1.165, 1.54) is 4.90 Å². The Morgan fingerprint density at radius 1 is 0.786 bits per heavy atom. The van der Waals surface area contributed by atoms with Crippen molar-refractivity contribution in [3.8, 4) is 5.75 Å². The molecule has 0 bridgehead atoms. The van der Waals surface area contributed by atoms with Crippen LogP contribution in [0.3, 0.4) is 0 Å². The van der Waals surface area contributed by atoms with E-state index in [9.17, 15) is 24.9 Å². The first-order valence-corrected chi connectivity index (χ1v) is 14.2. The highest BCUT2D eigenvalue weighted by molar-refractivity contribution is 5.78. The molecule has 226 valence electrons. The van der Waals surface area contributed by atoms with Crippen molar-refractivity contribution in [2.45, 2.75) is 63.4 Å². The second kappa shape index (κ2) is 15.9. The van der Waals surface area contributed by atoms with Gasteiger partial charge in [0.05, 0.1) is 24.3 Å². The van der Waals surface area contributed by atoms with Crippen LogP contribution in [0.2, 0.25) is 0 Å². The lowest BCUT2D eigenvalue weighted by molar-refractivity contribution is -0.124. The van der Waals surface area contributed by atoms with Crippen LogP contribution in [0.1, 0.15) is 31.9 Å². The number of carboxylic acid groups (broad SMARTS) is 1. The molecule has 0 saturated carbocycles. The summed E-state index contributed by atoms with van der Waals surface area (Å²) in [5.41, 5.74) is 1.09. The first-order valence-electron chi connectivity index (χ1n) is 14.2. The monoisotopic (exact) mass is 577 g/mol. The second-order valence-electron chi connectivity index (χ2n) is 11.3. The van der Waals surface area contributed by atoms with E-state index in [1.807, 2.05) is 78.9 Å². The molecule has 3 aromatic carbocycles. The number of nitrogens with one attached hydrogen (secondary N) is 2. The third kappa shape index (κ3) is 10.5. The molecule has 2 amide bonds. The van der Waals surface area contributed by atoms with Gasteiger partial charge in [-0.05, 0) is 56.9 Å². The maximum atomic E-state index is 12.7. The van der Waals surface area contributed by atoms with Gasteiger partial charge in [0.15, 0.2) is 6.61 Å². The molecule has 0 spiro atoms. The van der Waals surface area contributed by atoms with E-state index in [1.54, 1.807) is 32.9 Å². The summed E-state index contributed by atoms with van der Waals surface area (Å²) < 4.78 is 5.56. The Labute approximate surface area is 248 Å². The van der Waals surface area contributed by atoms with Crippen molar-refractivity contribution in [1.82, 2.24) is 15.5 Å². The highest BCUT2D eigenvalue weighted by Crippen LogP contribution is 2.23. The summed E-state index contributed by atoms with van der Waals surface area (Å²) in [7, 11) is 0. The minimum Gasteiger partial charge on any atom is -0.484 e. The summed E-state index contributed by atoms with van der Waals surface area (Å²) >= 11 is 0. The van der Waals surface area contributed by atoms with Crippen LogP contribution in [-0.4, -0.2) is 81.7 Å². The number of nitrogens with zero attached hydrogens (tertiary/aromatic N) is 1. The summed E-state index contributed by atoms with van der Waals surface area (Å²) in [6.07, 6.45) is -2.47. The quantitative estimate of drug-likeness (QED) is 0.187. The molecule has 5 N–H and O–H groups in total. The molecule has 0 aliphatic heterocycles. The summed E-state index contributed by atoms with van der Waals surface area (Å²) in [5.74, 6) is 0.197. The van der Waals surface area contributed by atoms with Crippen molar-refractivity contribution < 1.29 is 29.6 Å². The Bertz CT molecular complexity index is 1220. The summed E-state index contributed by atoms with van der Waals surface area (Å²) in [4.78, 5) is 26.3. The number of carbonyl (C=O) groups is 2. The van der Waals surface area contributed by atoms with E-state index in [2.05, 4.69) is 10.6 Å². The number of benzene rings is 3. The van der Waals surface area contributed by atoms with Gasteiger partial charge in [0.2, 0.25) is 0 Å². The van der Waals surface area contributed by atoms with Gasteiger partial charge in [-0.15, -0.1) is 0 Å². The van der Waals surface area contributed by atoms with Crippen LogP contribution >= 0.6 is 0 Å². The minimum atomic E-state index is -1.12. The number of ether oxygens (including phenoxy) is 1. The molecule has 0 heterocycles. The molecule has 0 aromatic heterocycles. The lowest BCUT2D eigenvalue weighted by Crippen LogP contribution is -2.58. The lowest BCUT2D eigenvalue weighted by Gasteiger charge is -2.42. The predicted octanol–water partition coefficient (Wildman–Crippen LogP) is 3.49. The topological polar surface area (TPSA) is 131 Å². The Kier molecular flexibility index (Phi) is 12.3. The Balaban J connectivity index is 1.65. The largest absolute Gasteiger partial charge is 0.484 e. The number of rotatable bonds is 15. The molecule has 0 fully saturated rings. The van der Waals surface area contributed by atoms with E-state index in [-0.39, 0.29) is 25.6 Å². The van der Waals surface area contributed by atoms with Crippen LogP contribution in [-0.2, 0) is 17.6 Å². The highest BCUT2D eigenvalue weighted by atomic mass is 16.5. The fourth-order valence-corrected chi connectivity index (χ4v) is 4.90. The van der Waals surface area contributed by atoms with E-state index in [0.29, 0.717) is 18.6 Å². The molecule has 0 radical (unpaired) electrons. The molecule has 0 aliphatic carbocycles. The van der Waals surface area contributed by atoms with E-state index < -0.39 is 35.9 Å². The maximum absolute atomic E-state index is 12.7. The lowest BCUT2D eigenvalue weighted by atomic mass is 9.94. The normalized spacial score (nSPS) is 14.3. The van der Waals surface area contributed by atoms with Crippen LogP contribution < -0.4 is 15.4 Å². The van der Waals surface area contributed by atoms with E-state index in [0.717, 1.165) is 11.1 Å². The zero-order valence-electron chi connectivity index (χ0n) is 24.5. The zero-order chi connectivity index (χ0) is 30.5. The van der Waals surface area contributed by atoms with Gasteiger partial charge in [-0.2, -0.15) is 0 Å². The SMILES string of the molecule is CC(C)(C)N(C(=O)O)[C@@H](Cc1ccccc1)[C@H](O)CNC[C@@H](O)[C@H](Cc1ccccc1)NC(=O)COc1ccccc1. The number of hydrogen-bond acceptors (Lipinski definition) is 6. The van der Waals surface area contributed by atoms with Crippen molar-refractivity contribution in [3.63, 3.8) is 0 Å². The molecule has 0 unspecified atom stereocenters. The van der Waals surface area contributed by atoms with E-state index >= 15 is 0 Å². The number of amides is 2. The Morgan fingerprint density at radius 2 is 1.29 bits per heavy atom. The molecule has 9 heteroatoms. The number of aliphatic hydroxyl groups excluding tert-OH is 2. The first-order chi connectivity index (χ1) is 20.0. The summed E-state index contributed by atoms with van der Waals surface area (Å²) in [6.45, 7) is 5.28. The second-order valence-corrected chi connectivity index (χ2v) is 11.3.